The molecule has 4 rings (SSSR count). The van der Waals surface area contributed by atoms with Crippen molar-refractivity contribution in [2.24, 2.45) is 7.05 Å². The molecule has 7 nitrogen and oxygen atoms in total. The number of halogens is 3. The molecule has 0 spiro atoms. The molecule has 0 bridgehead atoms. The SMILES string of the molecule is Cn1c(=O)n(C2CCN(C(=O)c3ccc(OC(F)(F)F)cc3)C2)c2ncccc21. The largest absolute Gasteiger partial charge is 0.573 e. The van der Waals surface area contributed by atoms with E-state index in [-0.39, 0.29) is 29.0 Å². The second kappa shape index (κ2) is 6.94. The molecule has 0 saturated carbocycles. The lowest BCUT2D eigenvalue weighted by Gasteiger charge is -2.17. The van der Waals surface area contributed by atoms with Gasteiger partial charge in [0.05, 0.1) is 11.6 Å². The van der Waals surface area contributed by atoms with Crippen molar-refractivity contribution in [1.29, 1.82) is 0 Å². The average Bonchev–Trinajstić information content (AvgIpc) is 3.25. The summed E-state index contributed by atoms with van der Waals surface area (Å²) in [4.78, 5) is 31.3. The van der Waals surface area contributed by atoms with Crippen LogP contribution in [0.5, 0.6) is 5.75 Å². The van der Waals surface area contributed by atoms with Gasteiger partial charge in [0.25, 0.3) is 5.91 Å². The van der Waals surface area contributed by atoms with Crippen LogP contribution >= 0.6 is 0 Å². The molecule has 1 aliphatic rings. The highest BCUT2D eigenvalue weighted by molar-refractivity contribution is 5.94. The Morgan fingerprint density at radius 1 is 1.21 bits per heavy atom. The molecule has 2 aromatic heterocycles. The van der Waals surface area contributed by atoms with E-state index < -0.39 is 6.36 Å². The molecule has 152 valence electrons. The van der Waals surface area contributed by atoms with Crippen LogP contribution in [0.15, 0.2) is 47.4 Å². The van der Waals surface area contributed by atoms with Crippen molar-refractivity contribution in [3.8, 4) is 5.75 Å². The Morgan fingerprint density at radius 3 is 2.62 bits per heavy atom. The van der Waals surface area contributed by atoms with E-state index in [0.717, 1.165) is 12.1 Å². The minimum Gasteiger partial charge on any atom is -0.406 e. The monoisotopic (exact) mass is 406 g/mol. The number of hydrogen-bond donors (Lipinski definition) is 0. The Kier molecular flexibility index (Phi) is 4.56. The molecule has 1 amide bonds. The van der Waals surface area contributed by atoms with E-state index >= 15 is 0 Å². The minimum absolute atomic E-state index is 0.202. The fourth-order valence-corrected chi connectivity index (χ4v) is 3.64. The van der Waals surface area contributed by atoms with Gasteiger partial charge in [-0.1, -0.05) is 0 Å². The number of benzene rings is 1. The second-order valence-corrected chi connectivity index (χ2v) is 6.82. The molecule has 0 aliphatic carbocycles. The summed E-state index contributed by atoms with van der Waals surface area (Å²) in [6.07, 6.45) is -2.59. The summed E-state index contributed by atoms with van der Waals surface area (Å²) >= 11 is 0. The van der Waals surface area contributed by atoms with E-state index in [1.807, 2.05) is 6.07 Å². The third kappa shape index (κ3) is 3.57. The zero-order valence-corrected chi connectivity index (χ0v) is 15.4. The van der Waals surface area contributed by atoms with E-state index in [2.05, 4.69) is 9.72 Å². The molecule has 0 N–H and O–H groups in total. The van der Waals surface area contributed by atoms with Gasteiger partial charge in [0.2, 0.25) is 0 Å². The number of aromatic nitrogens is 3. The fraction of sp³-hybridized carbons (Fsp3) is 0.316. The van der Waals surface area contributed by atoms with Crippen molar-refractivity contribution in [3.63, 3.8) is 0 Å². The molecule has 29 heavy (non-hydrogen) atoms. The van der Waals surface area contributed by atoms with Gasteiger partial charge in [-0.05, 0) is 42.8 Å². The zero-order valence-electron chi connectivity index (χ0n) is 15.4. The number of likely N-dealkylation sites (tertiary alicyclic amines) is 1. The maximum Gasteiger partial charge on any atom is 0.573 e. The van der Waals surface area contributed by atoms with E-state index in [9.17, 15) is 22.8 Å². The summed E-state index contributed by atoms with van der Waals surface area (Å²) in [5.74, 6) is -0.700. The van der Waals surface area contributed by atoms with Crippen molar-refractivity contribution in [3.05, 3.63) is 58.6 Å². The van der Waals surface area contributed by atoms with Crippen LogP contribution in [-0.4, -0.2) is 44.4 Å². The fourth-order valence-electron chi connectivity index (χ4n) is 3.64. The molecule has 1 saturated heterocycles. The third-order valence-electron chi connectivity index (χ3n) is 5.00. The predicted molar refractivity (Wildman–Crippen MR) is 97.7 cm³/mol. The quantitative estimate of drug-likeness (QED) is 0.671. The number of alkyl halides is 3. The highest BCUT2D eigenvalue weighted by Crippen LogP contribution is 2.27. The summed E-state index contributed by atoms with van der Waals surface area (Å²) < 4.78 is 43.7. The minimum atomic E-state index is -4.78. The van der Waals surface area contributed by atoms with Crippen molar-refractivity contribution < 1.29 is 22.7 Å². The third-order valence-corrected chi connectivity index (χ3v) is 5.00. The molecule has 1 atom stereocenters. The Bertz CT molecular complexity index is 1120. The number of fused-ring (bicyclic) bond motifs is 1. The Balaban J connectivity index is 1.53. The van der Waals surface area contributed by atoms with Gasteiger partial charge >= 0.3 is 12.1 Å². The van der Waals surface area contributed by atoms with Gasteiger partial charge in [0.15, 0.2) is 5.65 Å². The summed E-state index contributed by atoms with van der Waals surface area (Å²) in [6, 6.07) is 8.13. The molecule has 0 radical (unpaired) electrons. The first kappa shape index (κ1) is 19.0. The van der Waals surface area contributed by atoms with Crippen LogP contribution in [0.4, 0.5) is 13.2 Å². The van der Waals surface area contributed by atoms with Crippen LogP contribution in [0.1, 0.15) is 22.8 Å². The van der Waals surface area contributed by atoms with Gasteiger partial charge in [-0.15, -0.1) is 13.2 Å². The maximum absolute atomic E-state index is 12.7. The van der Waals surface area contributed by atoms with Crippen LogP contribution in [0.3, 0.4) is 0 Å². The number of aryl methyl sites for hydroxylation is 1. The summed E-state index contributed by atoms with van der Waals surface area (Å²) in [6.45, 7) is 0.745. The van der Waals surface area contributed by atoms with Gasteiger partial charge in [-0.3, -0.25) is 13.9 Å². The number of nitrogens with zero attached hydrogens (tertiary/aromatic N) is 4. The Labute approximate surface area is 162 Å². The van der Waals surface area contributed by atoms with Crippen LogP contribution in [0, 0.1) is 0 Å². The number of hydrogen-bond acceptors (Lipinski definition) is 4. The molecule has 3 heterocycles. The molecular weight excluding hydrogens is 389 g/mol. The normalized spacial score (nSPS) is 17.1. The predicted octanol–water partition coefficient (Wildman–Crippen LogP) is 2.72. The van der Waals surface area contributed by atoms with Gasteiger partial charge < -0.3 is 9.64 Å². The lowest BCUT2D eigenvalue weighted by atomic mass is 10.2. The number of carbonyl (C=O) groups excluding carboxylic acids is 1. The molecule has 10 heteroatoms. The summed E-state index contributed by atoms with van der Waals surface area (Å²) in [5, 5.41) is 0. The summed E-state index contributed by atoms with van der Waals surface area (Å²) in [7, 11) is 1.67. The zero-order chi connectivity index (χ0) is 20.8. The number of imidazole rings is 1. The first-order chi connectivity index (χ1) is 13.7. The van der Waals surface area contributed by atoms with E-state index in [1.54, 1.807) is 28.8 Å². The second-order valence-electron chi connectivity index (χ2n) is 6.82. The Hall–Kier alpha value is -3.30. The molecule has 3 aromatic rings. The smallest absolute Gasteiger partial charge is 0.406 e. The van der Waals surface area contributed by atoms with E-state index in [1.165, 1.54) is 16.7 Å². The van der Waals surface area contributed by atoms with Gasteiger partial charge in [-0.25, -0.2) is 9.78 Å². The molecule has 1 aliphatic heterocycles. The number of pyridine rings is 1. The molecular formula is C19H17F3N4O3. The standard InChI is InChI=1S/C19H17F3N4O3/c1-24-15-3-2-9-23-16(15)26(18(24)28)13-8-10-25(11-13)17(27)12-4-6-14(7-5-12)29-19(20,21)22/h2-7,9,13H,8,10-11H2,1H3. The topological polar surface area (TPSA) is 69.4 Å². The van der Waals surface area contributed by atoms with Crippen LogP contribution in [-0.2, 0) is 7.05 Å². The molecule has 1 fully saturated rings. The first-order valence-corrected chi connectivity index (χ1v) is 8.91. The summed E-state index contributed by atoms with van der Waals surface area (Å²) in [5.41, 5.74) is 1.32. The lowest BCUT2D eigenvalue weighted by Crippen LogP contribution is -2.31. The Morgan fingerprint density at radius 2 is 1.93 bits per heavy atom. The highest BCUT2D eigenvalue weighted by Gasteiger charge is 2.32. The van der Waals surface area contributed by atoms with Gasteiger partial charge in [-0.2, -0.15) is 0 Å². The number of rotatable bonds is 3. The van der Waals surface area contributed by atoms with Gasteiger partial charge in [0, 0.05) is 31.9 Å². The van der Waals surface area contributed by atoms with Crippen molar-refractivity contribution in [2.45, 2.75) is 18.8 Å². The molecule has 1 aromatic carbocycles. The highest BCUT2D eigenvalue weighted by atomic mass is 19.4. The van der Waals surface area contributed by atoms with Crippen LogP contribution in [0.2, 0.25) is 0 Å². The van der Waals surface area contributed by atoms with Crippen LogP contribution < -0.4 is 10.4 Å². The van der Waals surface area contributed by atoms with Crippen LogP contribution in [0.25, 0.3) is 11.2 Å². The van der Waals surface area contributed by atoms with Crippen molar-refractivity contribution in [2.75, 3.05) is 13.1 Å². The maximum atomic E-state index is 12.7. The molecule has 1 unspecified atom stereocenters. The number of amides is 1. The first-order valence-electron chi connectivity index (χ1n) is 8.91. The lowest BCUT2D eigenvalue weighted by molar-refractivity contribution is -0.274. The van der Waals surface area contributed by atoms with Crippen molar-refractivity contribution >= 4 is 17.1 Å². The van der Waals surface area contributed by atoms with E-state index in [0.29, 0.717) is 30.7 Å². The van der Waals surface area contributed by atoms with E-state index in [4.69, 9.17) is 0 Å². The number of ether oxygens (including phenoxy) is 1. The van der Waals surface area contributed by atoms with Gasteiger partial charge in [0.1, 0.15) is 5.75 Å². The number of carbonyl (C=O) groups is 1. The van der Waals surface area contributed by atoms with Crippen molar-refractivity contribution in [1.82, 2.24) is 19.0 Å². The average molecular weight is 406 g/mol.